The third kappa shape index (κ3) is 3.99. The molecular formula is C15H13N3O4S. The number of para-hydroxylation sites is 1. The topological polar surface area (TPSA) is 101 Å². The highest BCUT2D eigenvalue weighted by molar-refractivity contribution is 7.92. The number of nitro groups is 1. The normalized spacial score (nSPS) is 10.6. The number of terminal acetylenes is 1. The summed E-state index contributed by atoms with van der Waals surface area (Å²) in [7, 11) is -3.93. The molecule has 0 aliphatic carbocycles. The summed E-state index contributed by atoms with van der Waals surface area (Å²) in [4.78, 5) is 10.2. The number of sulfonamides is 1. The van der Waals surface area contributed by atoms with Crippen LogP contribution in [0.2, 0.25) is 0 Å². The number of nitrogens with one attached hydrogen (secondary N) is 2. The molecule has 0 aliphatic rings. The maximum absolute atomic E-state index is 12.3. The fraction of sp³-hybridized carbons (Fsp3) is 0.0667. The first kappa shape index (κ1) is 16.3. The van der Waals surface area contributed by atoms with Gasteiger partial charge < -0.3 is 5.32 Å². The lowest BCUT2D eigenvalue weighted by atomic mass is 10.2. The molecule has 23 heavy (non-hydrogen) atoms. The SMILES string of the molecule is C#CCNc1ccc(S(=O)(=O)Nc2ccccc2)cc1[N+](=O)[O-]. The van der Waals surface area contributed by atoms with Crippen molar-refractivity contribution in [3.8, 4) is 12.3 Å². The summed E-state index contributed by atoms with van der Waals surface area (Å²) >= 11 is 0. The number of hydrogen-bond donors (Lipinski definition) is 2. The van der Waals surface area contributed by atoms with Crippen LogP contribution in [0.1, 0.15) is 0 Å². The van der Waals surface area contributed by atoms with Gasteiger partial charge in [-0.3, -0.25) is 14.8 Å². The molecule has 2 aromatic rings. The van der Waals surface area contributed by atoms with E-state index < -0.39 is 14.9 Å². The van der Waals surface area contributed by atoms with Crippen LogP contribution in [0.5, 0.6) is 0 Å². The zero-order valence-corrected chi connectivity index (χ0v) is 12.7. The molecule has 2 aromatic carbocycles. The van der Waals surface area contributed by atoms with Gasteiger partial charge in [0.25, 0.3) is 15.7 Å². The first-order chi connectivity index (χ1) is 10.9. The Labute approximate surface area is 133 Å². The third-order valence-corrected chi connectivity index (χ3v) is 4.26. The second-order valence-corrected chi connectivity index (χ2v) is 6.15. The predicted octanol–water partition coefficient (Wildman–Crippen LogP) is 2.44. The number of benzene rings is 2. The van der Waals surface area contributed by atoms with Crippen LogP contribution in [0.25, 0.3) is 0 Å². The van der Waals surface area contributed by atoms with E-state index in [0.29, 0.717) is 5.69 Å². The molecule has 0 spiro atoms. The molecular weight excluding hydrogens is 318 g/mol. The molecule has 2 rings (SSSR count). The molecule has 0 saturated carbocycles. The summed E-state index contributed by atoms with van der Waals surface area (Å²) in [6, 6.07) is 11.8. The van der Waals surface area contributed by atoms with E-state index in [1.54, 1.807) is 30.3 Å². The minimum absolute atomic E-state index is 0.0925. The van der Waals surface area contributed by atoms with Crippen LogP contribution in [0, 0.1) is 22.5 Å². The lowest BCUT2D eigenvalue weighted by Crippen LogP contribution is -2.13. The van der Waals surface area contributed by atoms with Gasteiger partial charge in [0, 0.05) is 11.8 Å². The monoisotopic (exact) mass is 331 g/mol. The molecule has 0 amide bonds. The molecule has 7 nitrogen and oxygen atoms in total. The minimum Gasteiger partial charge on any atom is -0.369 e. The average Bonchev–Trinajstić information content (AvgIpc) is 2.53. The van der Waals surface area contributed by atoms with Crippen molar-refractivity contribution in [2.75, 3.05) is 16.6 Å². The highest BCUT2D eigenvalue weighted by Gasteiger charge is 2.21. The van der Waals surface area contributed by atoms with Gasteiger partial charge in [0.1, 0.15) is 5.69 Å². The van der Waals surface area contributed by atoms with Crippen molar-refractivity contribution in [3.63, 3.8) is 0 Å². The molecule has 0 atom stereocenters. The number of rotatable bonds is 6. The van der Waals surface area contributed by atoms with Crippen molar-refractivity contribution >= 4 is 27.1 Å². The van der Waals surface area contributed by atoms with Gasteiger partial charge in [-0.15, -0.1) is 6.42 Å². The van der Waals surface area contributed by atoms with Gasteiger partial charge >= 0.3 is 0 Å². The fourth-order valence-corrected chi connectivity index (χ4v) is 2.92. The quantitative estimate of drug-likeness (QED) is 0.481. The van der Waals surface area contributed by atoms with E-state index in [9.17, 15) is 18.5 Å². The zero-order valence-electron chi connectivity index (χ0n) is 11.9. The Hall–Kier alpha value is -3.05. The van der Waals surface area contributed by atoms with Crippen LogP contribution in [-0.2, 0) is 10.0 Å². The number of nitro benzene ring substituents is 1. The van der Waals surface area contributed by atoms with Crippen molar-refractivity contribution in [2.45, 2.75) is 4.90 Å². The number of hydrogen-bond acceptors (Lipinski definition) is 5. The summed E-state index contributed by atoms with van der Waals surface area (Å²) in [5.74, 6) is 2.30. The summed E-state index contributed by atoms with van der Waals surface area (Å²) in [6.07, 6.45) is 5.10. The summed E-state index contributed by atoms with van der Waals surface area (Å²) < 4.78 is 27.0. The van der Waals surface area contributed by atoms with Gasteiger partial charge in [0.15, 0.2) is 0 Å². The van der Waals surface area contributed by atoms with Crippen LogP contribution < -0.4 is 10.0 Å². The van der Waals surface area contributed by atoms with E-state index in [1.165, 1.54) is 12.1 Å². The standard InChI is InChI=1S/C15H13N3O4S/c1-2-10-16-14-9-8-13(11-15(14)18(19)20)23(21,22)17-12-6-4-3-5-7-12/h1,3-9,11,16-17H,10H2. The second kappa shape index (κ2) is 6.81. The smallest absolute Gasteiger partial charge is 0.293 e. The molecule has 0 fully saturated rings. The molecule has 0 aromatic heterocycles. The minimum atomic E-state index is -3.93. The Kier molecular flexibility index (Phi) is 4.83. The van der Waals surface area contributed by atoms with E-state index >= 15 is 0 Å². The second-order valence-electron chi connectivity index (χ2n) is 4.47. The molecule has 0 heterocycles. The van der Waals surface area contributed by atoms with E-state index in [-0.39, 0.29) is 22.8 Å². The van der Waals surface area contributed by atoms with Gasteiger partial charge in [-0.1, -0.05) is 24.1 Å². The molecule has 0 bridgehead atoms. The molecule has 0 unspecified atom stereocenters. The Morgan fingerprint density at radius 2 is 1.87 bits per heavy atom. The van der Waals surface area contributed by atoms with Gasteiger partial charge in [-0.05, 0) is 24.3 Å². The van der Waals surface area contributed by atoms with Crippen LogP contribution in [0.3, 0.4) is 0 Å². The highest BCUT2D eigenvalue weighted by atomic mass is 32.2. The van der Waals surface area contributed by atoms with Gasteiger partial charge in [-0.2, -0.15) is 0 Å². The van der Waals surface area contributed by atoms with Gasteiger partial charge in [0.05, 0.1) is 16.4 Å². The van der Waals surface area contributed by atoms with Crippen LogP contribution in [-0.4, -0.2) is 19.9 Å². The van der Waals surface area contributed by atoms with E-state index in [1.807, 2.05) is 0 Å². The molecule has 0 aliphatic heterocycles. The van der Waals surface area contributed by atoms with E-state index in [2.05, 4.69) is 16.0 Å². The van der Waals surface area contributed by atoms with Crippen LogP contribution >= 0.6 is 0 Å². The third-order valence-electron chi connectivity index (χ3n) is 2.88. The van der Waals surface area contributed by atoms with E-state index in [4.69, 9.17) is 6.42 Å². The first-order valence-corrected chi connectivity index (χ1v) is 7.96. The van der Waals surface area contributed by atoms with Crippen molar-refractivity contribution in [2.24, 2.45) is 0 Å². The zero-order chi connectivity index (χ0) is 16.9. The summed E-state index contributed by atoms with van der Waals surface area (Å²) in [5.41, 5.74) is 0.160. The Bertz CT molecular complexity index is 858. The fourth-order valence-electron chi connectivity index (χ4n) is 1.85. The maximum Gasteiger partial charge on any atom is 0.293 e. The Morgan fingerprint density at radius 3 is 2.48 bits per heavy atom. The lowest BCUT2D eigenvalue weighted by Gasteiger charge is -2.09. The maximum atomic E-state index is 12.3. The Balaban J connectivity index is 2.37. The number of nitrogens with zero attached hydrogens (tertiary/aromatic N) is 1. The first-order valence-electron chi connectivity index (χ1n) is 6.47. The predicted molar refractivity (Wildman–Crippen MR) is 87.7 cm³/mol. The van der Waals surface area contributed by atoms with Crippen molar-refractivity contribution in [1.82, 2.24) is 0 Å². The van der Waals surface area contributed by atoms with Crippen molar-refractivity contribution in [3.05, 3.63) is 58.6 Å². The van der Waals surface area contributed by atoms with Crippen LogP contribution in [0.15, 0.2) is 53.4 Å². The Morgan fingerprint density at radius 1 is 1.17 bits per heavy atom. The van der Waals surface area contributed by atoms with Crippen LogP contribution in [0.4, 0.5) is 17.1 Å². The average molecular weight is 331 g/mol. The van der Waals surface area contributed by atoms with Gasteiger partial charge in [0.2, 0.25) is 0 Å². The number of anilines is 2. The summed E-state index contributed by atoms with van der Waals surface area (Å²) in [5, 5.41) is 13.8. The molecule has 8 heteroatoms. The van der Waals surface area contributed by atoms with Crippen molar-refractivity contribution < 1.29 is 13.3 Å². The largest absolute Gasteiger partial charge is 0.369 e. The lowest BCUT2D eigenvalue weighted by molar-refractivity contribution is -0.384. The van der Waals surface area contributed by atoms with E-state index in [0.717, 1.165) is 6.07 Å². The highest BCUT2D eigenvalue weighted by Crippen LogP contribution is 2.28. The van der Waals surface area contributed by atoms with Crippen molar-refractivity contribution in [1.29, 1.82) is 0 Å². The van der Waals surface area contributed by atoms with Gasteiger partial charge in [-0.25, -0.2) is 8.42 Å². The molecule has 118 valence electrons. The molecule has 0 saturated heterocycles. The molecule has 2 N–H and O–H groups in total. The molecule has 0 radical (unpaired) electrons. The summed E-state index contributed by atoms with van der Waals surface area (Å²) in [6.45, 7) is 0.0925.